The van der Waals surface area contributed by atoms with Gasteiger partial charge < -0.3 is 9.09 Å². The van der Waals surface area contributed by atoms with Crippen LogP contribution in [0.3, 0.4) is 0 Å². The van der Waals surface area contributed by atoms with E-state index in [2.05, 4.69) is 24.8 Å². The summed E-state index contributed by atoms with van der Waals surface area (Å²) < 4.78 is 7.52. The molecule has 78 valence electrons. The quantitative estimate of drug-likeness (QED) is 0.428. The van der Waals surface area contributed by atoms with Crippen molar-refractivity contribution in [2.24, 2.45) is 12.2 Å². The molecule has 0 N–H and O–H groups in total. The van der Waals surface area contributed by atoms with Gasteiger partial charge >= 0.3 is 0 Å². The Kier molecular flexibility index (Phi) is 3.16. The Morgan fingerprint density at radius 2 is 2.07 bits per heavy atom. The van der Waals surface area contributed by atoms with E-state index in [1.807, 2.05) is 36.9 Å². The largest absolute Gasteiger partial charge is 0.455 e. The molecule has 1 aromatic rings. The molecule has 0 spiro atoms. The fourth-order valence-corrected chi connectivity index (χ4v) is 1.50. The molecule has 0 bridgehead atoms. The second kappa shape index (κ2) is 4.00. The first-order valence-corrected chi connectivity index (χ1v) is 8.15. The van der Waals surface area contributed by atoms with Crippen LogP contribution < -0.4 is 0 Å². The minimum atomic E-state index is -1.55. The molecule has 0 unspecified atom stereocenters. The van der Waals surface area contributed by atoms with Gasteiger partial charge in [-0.2, -0.15) is 0 Å². The maximum atomic E-state index is 5.48. The molecule has 1 aromatic heterocycles. The van der Waals surface area contributed by atoms with E-state index in [1.54, 1.807) is 0 Å². The van der Waals surface area contributed by atoms with E-state index in [0.717, 1.165) is 11.4 Å². The van der Waals surface area contributed by atoms with Gasteiger partial charge in [-0.15, -0.1) is 5.16 Å². The molecule has 0 aromatic carbocycles. The van der Waals surface area contributed by atoms with E-state index in [-0.39, 0.29) is 0 Å². The van der Waals surface area contributed by atoms with Crippen molar-refractivity contribution in [1.29, 1.82) is 0 Å². The van der Waals surface area contributed by atoms with Crippen LogP contribution in [0.15, 0.2) is 23.5 Å². The number of hydrogen-bond acceptors (Lipinski definition) is 2. The summed E-state index contributed by atoms with van der Waals surface area (Å²) in [6.07, 6.45) is 2.00. The smallest absolute Gasteiger partial charge is 0.278 e. The lowest BCUT2D eigenvalue weighted by Crippen LogP contribution is -2.23. The number of oxime groups is 1. The summed E-state index contributed by atoms with van der Waals surface area (Å²) in [5, 5.41) is 4.16. The maximum Gasteiger partial charge on any atom is 0.278 e. The number of hydrogen-bond donors (Lipinski definition) is 0. The number of rotatable bonds is 3. The molecule has 0 atom stereocenters. The monoisotopic (exact) mass is 210 g/mol. The topological polar surface area (TPSA) is 26.5 Å². The van der Waals surface area contributed by atoms with Crippen LogP contribution in [0.25, 0.3) is 0 Å². The zero-order valence-electron chi connectivity index (χ0n) is 9.53. The van der Waals surface area contributed by atoms with Gasteiger partial charge in [-0.25, -0.2) is 0 Å². The number of nitrogens with zero attached hydrogens (tertiary/aromatic N) is 2. The van der Waals surface area contributed by atoms with Crippen LogP contribution in [0.5, 0.6) is 0 Å². The normalized spacial score (nSPS) is 13.1. The van der Waals surface area contributed by atoms with E-state index in [9.17, 15) is 0 Å². The highest BCUT2D eigenvalue weighted by molar-refractivity contribution is 6.69. The zero-order chi connectivity index (χ0) is 10.8. The molecule has 0 aliphatic rings. The predicted molar refractivity (Wildman–Crippen MR) is 62.1 cm³/mol. The Morgan fingerprint density at radius 1 is 1.43 bits per heavy atom. The summed E-state index contributed by atoms with van der Waals surface area (Å²) in [6, 6.07) is 4.04. The molecule has 0 amide bonds. The van der Waals surface area contributed by atoms with Gasteiger partial charge in [0, 0.05) is 13.2 Å². The van der Waals surface area contributed by atoms with E-state index >= 15 is 0 Å². The second-order valence-electron chi connectivity index (χ2n) is 4.38. The molecule has 3 nitrogen and oxygen atoms in total. The fourth-order valence-electron chi connectivity index (χ4n) is 1.09. The lowest BCUT2D eigenvalue weighted by Gasteiger charge is -2.13. The van der Waals surface area contributed by atoms with E-state index in [0.29, 0.717) is 0 Å². The molecule has 0 aliphatic carbocycles. The minimum Gasteiger partial charge on any atom is -0.455 e. The lowest BCUT2D eigenvalue weighted by molar-refractivity contribution is 0.335. The molecule has 14 heavy (non-hydrogen) atoms. The van der Waals surface area contributed by atoms with Crippen molar-refractivity contribution in [3.8, 4) is 0 Å². The van der Waals surface area contributed by atoms with Crippen molar-refractivity contribution in [2.45, 2.75) is 26.6 Å². The van der Waals surface area contributed by atoms with Crippen LogP contribution in [0.1, 0.15) is 12.6 Å². The molecular weight excluding hydrogens is 192 g/mol. The van der Waals surface area contributed by atoms with Crippen molar-refractivity contribution >= 4 is 14.0 Å². The minimum absolute atomic E-state index is 0.930. The molecule has 4 heteroatoms. The number of aromatic nitrogens is 1. The van der Waals surface area contributed by atoms with Crippen LogP contribution in [0, 0.1) is 0 Å². The molecule has 0 aliphatic heterocycles. The molecule has 1 rings (SSSR count). The van der Waals surface area contributed by atoms with Crippen LogP contribution >= 0.6 is 0 Å². The summed E-state index contributed by atoms with van der Waals surface area (Å²) in [4.78, 5) is 0. The van der Waals surface area contributed by atoms with Crippen LogP contribution in [-0.4, -0.2) is 18.6 Å². The Hall–Kier alpha value is -1.03. The molecule has 0 fully saturated rings. The fraction of sp³-hybridized carbons (Fsp3) is 0.500. The third kappa shape index (κ3) is 3.03. The van der Waals surface area contributed by atoms with Gasteiger partial charge in [0.25, 0.3) is 8.32 Å². The van der Waals surface area contributed by atoms with Gasteiger partial charge in [-0.1, -0.05) is 0 Å². The van der Waals surface area contributed by atoms with Crippen molar-refractivity contribution < 1.29 is 4.53 Å². The molecule has 0 saturated heterocycles. The van der Waals surface area contributed by atoms with Crippen molar-refractivity contribution in [1.82, 2.24) is 4.57 Å². The summed E-state index contributed by atoms with van der Waals surface area (Å²) in [7, 11) is 0.456. The third-order valence-corrected chi connectivity index (χ3v) is 2.41. The first-order chi connectivity index (χ1) is 6.40. The average Bonchev–Trinajstić information content (AvgIpc) is 2.46. The molecule has 0 saturated carbocycles. The molecular formula is C10H18N2OSi. The molecule has 0 radical (unpaired) electrons. The first-order valence-electron chi connectivity index (χ1n) is 4.74. The molecule has 1 heterocycles. The summed E-state index contributed by atoms with van der Waals surface area (Å²) in [5.74, 6) is 0. The average molecular weight is 210 g/mol. The Balaban J connectivity index is 2.76. The highest BCUT2D eigenvalue weighted by Crippen LogP contribution is 2.06. The number of aryl methyl sites for hydroxylation is 1. The van der Waals surface area contributed by atoms with Gasteiger partial charge in [-0.3, -0.25) is 0 Å². The van der Waals surface area contributed by atoms with E-state index < -0.39 is 8.32 Å². The zero-order valence-corrected chi connectivity index (χ0v) is 10.5. The maximum absolute atomic E-state index is 5.48. The van der Waals surface area contributed by atoms with Gasteiger partial charge in [0.05, 0.1) is 11.4 Å². The van der Waals surface area contributed by atoms with Gasteiger partial charge in [0.15, 0.2) is 0 Å². The van der Waals surface area contributed by atoms with Crippen LogP contribution in [0.4, 0.5) is 0 Å². The summed E-state index contributed by atoms with van der Waals surface area (Å²) >= 11 is 0. The van der Waals surface area contributed by atoms with Crippen molar-refractivity contribution in [3.05, 3.63) is 24.0 Å². The van der Waals surface area contributed by atoms with Crippen molar-refractivity contribution in [2.75, 3.05) is 0 Å². The van der Waals surface area contributed by atoms with E-state index in [4.69, 9.17) is 4.53 Å². The van der Waals surface area contributed by atoms with Gasteiger partial charge in [0.2, 0.25) is 0 Å². The Bertz CT molecular complexity index is 336. The second-order valence-corrected chi connectivity index (χ2v) is 8.79. The van der Waals surface area contributed by atoms with Gasteiger partial charge in [-0.05, 0) is 38.7 Å². The first kappa shape index (κ1) is 11.0. The van der Waals surface area contributed by atoms with Crippen LogP contribution in [-0.2, 0) is 11.6 Å². The highest BCUT2D eigenvalue weighted by Gasteiger charge is 2.16. The van der Waals surface area contributed by atoms with E-state index in [1.165, 1.54) is 0 Å². The SMILES string of the molecule is CC(=NO[Si](C)(C)C)c1cccn1C. The van der Waals surface area contributed by atoms with Crippen LogP contribution in [0.2, 0.25) is 19.6 Å². The Labute approximate surface area is 86.5 Å². The predicted octanol–water partition coefficient (Wildman–Crippen LogP) is 2.60. The summed E-state index contributed by atoms with van der Waals surface area (Å²) in [6.45, 7) is 8.33. The highest BCUT2D eigenvalue weighted by atomic mass is 28.4. The summed E-state index contributed by atoms with van der Waals surface area (Å²) in [5.41, 5.74) is 2.03. The standard InChI is InChI=1S/C10H18N2OSi/c1-9(11-13-14(3,4)5)10-7-6-8-12(10)2/h6-8H,1-5H3. The van der Waals surface area contributed by atoms with Gasteiger partial charge in [0.1, 0.15) is 0 Å². The Morgan fingerprint density at radius 3 is 2.50 bits per heavy atom. The van der Waals surface area contributed by atoms with Crippen molar-refractivity contribution in [3.63, 3.8) is 0 Å². The lowest BCUT2D eigenvalue weighted by atomic mass is 10.3. The third-order valence-electron chi connectivity index (χ3n) is 1.77.